The van der Waals surface area contributed by atoms with Gasteiger partial charge in [-0.05, 0) is 30.3 Å². The maximum absolute atomic E-state index is 5.97. The van der Waals surface area contributed by atoms with E-state index in [1.54, 1.807) is 18.5 Å². The summed E-state index contributed by atoms with van der Waals surface area (Å²) in [5, 5.41) is 10.1. The molecule has 3 rings (SSSR count). The van der Waals surface area contributed by atoms with E-state index in [-0.39, 0.29) is 0 Å². The van der Waals surface area contributed by atoms with Crippen LogP contribution in [0.5, 0.6) is 0 Å². The van der Waals surface area contributed by atoms with Gasteiger partial charge >= 0.3 is 0 Å². The summed E-state index contributed by atoms with van der Waals surface area (Å²) in [5.74, 6) is 0. The number of nitrogen functional groups attached to an aromatic ring is 2. The zero-order chi connectivity index (χ0) is 13.9. The third kappa shape index (κ3) is 2.16. The normalized spacial score (nSPS) is 11.2. The van der Waals surface area contributed by atoms with E-state index in [4.69, 9.17) is 11.5 Å². The third-order valence-electron chi connectivity index (χ3n) is 3.00. The number of hydrogen-bond donors (Lipinski definition) is 2. The Kier molecular flexibility index (Phi) is 3.01. The fourth-order valence-corrected chi connectivity index (χ4v) is 2.06. The number of azo groups is 1. The van der Waals surface area contributed by atoms with Gasteiger partial charge in [0.25, 0.3) is 0 Å². The molecule has 0 fully saturated rings. The van der Waals surface area contributed by atoms with Crippen LogP contribution in [0.3, 0.4) is 0 Å². The maximum atomic E-state index is 5.97. The summed E-state index contributed by atoms with van der Waals surface area (Å²) in [6, 6.07) is 12.9. The van der Waals surface area contributed by atoms with Crippen LogP contribution in [0.1, 0.15) is 0 Å². The molecule has 0 bridgehead atoms. The number of rotatable bonds is 2. The first kappa shape index (κ1) is 12.1. The summed E-state index contributed by atoms with van der Waals surface area (Å²) in [4.78, 5) is 3.99. The first-order valence-corrected chi connectivity index (χ1v) is 6.14. The first-order chi connectivity index (χ1) is 9.75. The van der Waals surface area contributed by atoms with E-state index in [1.807, 2.05) is 36.4 Å². The molecule has 4 N–H and O–H groups in total. The quantitative estimate of drug-likeness (QED) is 0.544. The molecule has 0 radical (unpaired) electrons. The van der Waals surface area contributed by atoms with Crippen LogP contribution in [0, 0.1) is 0 Å². The van der Waals surface area contributed by atoms with Crippen molar-refractivity contribution in [1.82, 2.24) is 4.98 Å². The Morgan fingerprint density at radius 3 is 2.50 bits per heavy atom. The Morgan fingerprint density at radius 1 is 0.850 bits per heavy atom. The number of hydrogen-bond acceptors (Lipinski definition) is 5. The van der Waals surface area contributed by atoms with Gasteiger partial charge in [0.15, 0.2) is 0 Å². The molecule has 0 unspecified atom stereocenters. The molecule has 0 spiro atoms. The zero-order valence-corrected chi connectivity index (χ0v) is 10.7. The summed E-state index contributed by atoms with van der Waals surface area (Å²) < 4.78 is 0. The fraction of sp³-hybridized carbons (Fsp3) is 0. The largest absolute Gasteiger partial charge is 0.398 e. The highest BCUT2D eigenvalue weighted by atomic mass is 15.1. The highest BCUT2D eigenvalue weighted by Crippen LogP contribution is 2.34. The predicted molar refractivity (Wildman–Crippen MR) is 81.2 cm³/mol. The van der Waals surface area contributed by atoms with E-state index in [9.17, 15) is 0 Å². The summed E-state index contributed by atoms with van der Waals surface area (Å²) in [6.45, 7) is 0. The molecule has 0 saturated heterocycles. The highest BCUT2D eigenvalue weighted by molar-refractivity contribution is 6.06. The Bertz CT molecular complexity index is 773. The molecular weight excluding hydrogens is 250 g/mol. The first-order valence-electron chi connectivity index (χ1n) is 6.14. The molecule has 1 heterocycles. The highest BCUT2D eigenvalue weighted by Gasteiger charge is 2.06. The van der Waals surface area contributed by atoms with E-state index in [1.165, 1.54) is 0 Å². The van der Waals surface area contributed by atoms with Crippen LogP contribution in [0.15, 0.2) is 65.1 Å². The third-order valence-corrected chi connectivity index (χ3v) is 3.00. The molecule has 0 aliphatic heterocycles. The number of pyridine rings is 1. The lowest BCUT2D eigenvalue weighted by Gasteiger charge is -2.07. The predicted octanol–water partition coefficient (Wildman–Crippen LogP) is 3.81. The van der Waals surface area contributed by atoms with Crippen LogP contribution in [-0.2, 0) is 0 Å². The number of nitrogens with zero attached hydrogens (tertiary/aromatic N) is 3. The summed E-state index contributed by atoms with van der Waals surface area (Å²) in [5.41, 5.74) is 14.6. The van der Waals surface area contributed by atoms with Crippen LogP contribution >= 0.6 is 0 Å². The Labute approximate surface area is 116 Å². The molecule has 5 heteroatoms. The van der Waals surface area contributed by atoms with E-state index >= 15 is 0 Å². The van der Waals surface area contributed by atoms with Gasteiger partial charge in [-0.1, -0.05) is 12.1 Å². The van der Waals surface area contributed by atoms with Crippen LogP contribution in [0.4, 0.5) is 22.7 Å². The van der Waals surface area contributed by atoms with Crippen LogP contribution in [0.25, 0.3) is 10.8 Å². The molecule has 2 aromatic carbocycles. The van der Waals surface area contributed by atoms with Crippen molar-refractivity contribution >= 4 is 33.5 Å². The van der Waals surface area contributed by atoms with Crippen molar-refractivity contribution < 1.29 is 0 Å². The number of fused-ring (bicyclic) bond motifs is 1. The molecule has 0 amide bonds. The van der Waals surface area contributed by atoms with Crippen molar-refractivity contribution in [3.8, 4) is 0 Å². The molecule has 20 heavy (non-hydrogen) atoms. The molecule has 0 atom stereocenters. The zero-order valence-electron chi connectivity index (χ0n) is 10.7. The fourth-order valence-electron chi connectivity index (χ4n) is 2.06. The van der Waals surface area contributed by atoms with Gasteiger partial charge in [0.05, 0.1) is 11.9 Å². The van der Waals surface area contributed by atoms with Crippen molar-refractivity contribution in [3.05, 3.63) is 54.9 Å². The second-order valence-electron chi connectivity index (χ2n) is 4.35. The van der Waals surface area contributed by atoms with Gasteiger partial charge in [0, 0.05) is 28.3 Å². The van der Waals surface area contributed by atoms with Crippen LogP contribution in [0.2, 0.25) is 0 Å². The molecule has 5 nitrogen and oxygen atoms in total. The lowest BCUT2D eigenvalue weighted by Crippen LogP contribution is -1.92. The van der Waals surface area contributed by atoms with Gasteiger partial charge in [-0.15, -0.1) is 10.2 Å². The summed E-state index contributed by atoms with van der Waals surface area (Å²) in [7, 11) is 0. The second kappa shape index (κ2) is 4.97. The van der Waals surface area contributed by atoms with Crippen molar-refractivity contribution in [3.63, 3.8) is 0 Å². The smallest absolute Gasteiger partial charge is 0.104 e. The van der Waals surface area contributed by atoms with Gasteiger partial charge in [-0.3, -0.25) is 4.98 Å². The number of benzene rings is 2. The van der Waals surface area contributed by atoms with E-state index in [2.05, 4.69) is 15.2 Å². The van der Waals surface area contributed by atoms with Crippen molar-refractivity contribution in [2.24, 2.45) is 10.2 Å². The Hall–Kier alpha value is -2.95. The van der Waals surface area contributed by atoms with E-state index in [0.29, 0.717) is 17.1 Å². The molecule has 0 aliphatic rings. The van der Waals surface area contributed by atoms with E-state index < -0.39 is 0 Å². The molecule has 98 valence electrons. The average Bonchev–Trinajstić information content (AvgIpc) is 2.48. The SMILES string of the molecule is Nc1cccc2c(N=Nc3cccnc3)ccc(N)c12. The van der Waals surface area contributed by atoms with E-state index in [0.717, 1.165) is 16.5 Å². The number of aromatic nitrogens is 1. The van der Waals surface area contributed by atoms with Gasteiger partial charge in [-0.2, -0.15) is 0 Å². The van der Waals surface area contributed by atoms with Crippen molar-refractivity contribution in [1.29, 1.82) is 0 Å². The second-order valence-corrected chi connectivity index (χ2v) is 4.35. The molecule has 3 aromatic rings. The summed E-state index contributed by atoms with van der Waals surface area (Å²) >= 11 is 0. The average molecular weight is 263 g/mol. The topological polar surface area (TPSA) is 89.6 Å². The number of anilines is 2. The lowest BCUT2D eigenvalue weighted by atomic mass is 10.1. The summed E-state index contributed by atoms with van der Waals surface area (Å²) in [6.07, 6.45) is 3.34. The minimum atomic E-state index is 0.637. The Morgan fingerprint density at radius 2 is 1.70 bits per heavy atom. The van der Waals surface area contributed by atoms with Crippen LogP contribution in [-0.4, -0.2) is 4.98 Å². The van der Waals surface area contributed by atoms with Gasteiger partial charge in [0.2, 0.25) is 0 Å². The minimum absolute atomic E-state index is 0.637. The molecular formula is C15H13N5. The number of nitrogens with two attached hydrogens (primary N) is 2. The minimum Gasteiger partial charge on any atom is -0.398 e. The molecule has 0 saturated carbocycles. The monoisotopic (exact) mass is 263 g/mol. The molecule has 0 aliphatic carbocycles. The van der Waals surface area contributed by atoms with Crippen LogP contribution < -0.4 is 11.5 Å². The standard InChI is InChI=1S/C15H13N5/c16-12-5-1-4-11-14(7-6-13(17)15(11)12)20-19-10-3-2-8-18-9-10/h1-9H,16-17H2. The van der Waals surface area contributed by atoms with Gasteiger partial charge < -0.3 is 11.5 Å². The van der Waals surface area contributed by atoms with Crippen molar-refractivity contribution in [2.75, 3.05) is 11.5 Å². The van der Waals surface area contributed by atoms with Crippen molar-refractivity contribution in [2.45, 2.75) is 0 Å². The van der Waals surface area contributed by atoms with Gasteiger partial charge in [0.1, 0.15) is 5.69 Å². The lowest BCUT2D eigenvalue weighted by molar-refractivity contribution is 1.20. The molecule has 1 aromatic heterocycles. The van der Waals surface area contributed by atoms with Gasteiger partial charge in [-0.25, -0.2) is 0 Å². The Balaban J connectivity index is 2.11. The maximum Gasteiger partial charge on any atom is 0.104 e.